The molecule has 0 rings (SSSR count). The standard InChI is InChI=1S/C5H9FO3/c1-2-8-5(7)9-4-3-6/h2-4H2,1H3. The highest BCUT2D eigenvalue weighted by molar-refractivity contribution is 5.59. The van der Waals surface area contributed by atoms with Crippen LogP contribution in [0.25, 0.3) is 0 Å². The molecule has 0 aliphatic carbocycles. The minimum atomic E-state index is -0.810. The average molecular weight is 136 g/mol. The first kappa shape index (κ1) is 8.20. The Morgan fingerprint density at radius 1 is 1.56 bits per heavy atom. The number of ether oxygens (including phenoxy) is 2. The molecule has 4 heteroatoms. The van der Waals surface area contributed by atoms with E-state index >= 15 is 0 Å². The van der Waals surface area contributed by atoms with E-state index in [-0.39, 0.29) is 13.2 Å². The summed E-state index contributed by atoms with van der Waals surface area (Å²) in [7, 11) is 0. The summed E-state index contributed by atoms with van der Waals surface area (Å²) in [5, 5.41) is 0. The Bertz CT molecular complexity index is 84.3. The Morgan fingerprint density at radius 3 is 2.67 bits per heavy atom. The molecular formula is C5H9FO3. The van der Waals surface area contributed by atoms with Gasteiger partial charge in [0, 0.05) is 0 Å². The molecule has 0 unspecified atom stereocenters. The first-order chi connectivity index (χ1) is 4.31. The van der Waals surface area contributed by atoms with Gasteiger partial charge in [-0.3, -0.25) is 0 Å². The quantitative estimate of drug-likeness (QED) is 0.545. The maximum Gasteiger partial charge on any atom is 0.508 e. The molecular weight excluding hydrogens is 127 g/mol. The zero-order chi connectivity index (χ0) is 7.11. The lowest BCUT2D eigenvalue weighted by atomic mass is 10.8. The van der Waals surface area contributed by atoms with Gasteiger partial charge in [0.1, 0.15) is 13.3 Å². The van der Waals surface area contributed by atoms with E-state index in [0.717, 1.165) is 0 Å². The molecule has 0 amide bonds. The molecule has 0 heterocycles. The Hall–Kier alpha value is -0.800. The summed E-state index contributed by atoms with van der Waals surface area (Å²) in [6, 6.07) is 0. The maximum absolute atomic E-state index is 11.3. The minimum Gasteiger partial charge on any atom is -0.435 e. The third-order valence-corrected chi connectivity index (χ3v) is 0.559. The van der Waals surface area contributed by atoms with Gasteiger partial charge in [-0.05, 0) is 6.92 Å². The summed E-state index contributed by atoms with van der Waals surface area (Å²) in [4.78, 5) is 10.2. The van der Waals surface area contributed by atoms with Gasteiger partial charge in [0.15, 0.2) is 0 Å². The van der Waals surface area contributed by atoms with Crippen LogP contribution in [0.3, 0.4) is 0 Å². The van der Waals surface area contributed by atoms with E-state index in [0.29, 0.717) is 0 Å². The summed E-state index contributed by atoms with van der Waals surface area (Å²) >= 11 is 0. The predicted molar refractivity (Wildman–Crippen MR) is 28.9 cm³/mol. The molecule has 0 aromatic rings. The van der Waals surface area contributed by atoms with Crippen LogP contribution < -0.4 is 0 Å². The van der Waals surface area contributed by atoms with Crippen molar-refractivity contribution in [2.45, 2.75) is 6.92 Å². The van der Waals surface area contributed by atoms with Crippen LogP contribution in [0.5, 0.6) is 0 Å². The average Bonchev–Trinajstić information content (AvgIpc) is 1.85. The second-order valence-electron chi connectivity index (χ2n) is 1.22. The van der Waals surface area contributed by atoms with Crippen LogP contribution in [0.1, 0.15) is 6.92 Å². The van der Waals surface area contributed by atoms with Crippen molar-refractivity contribution < 1.29 is 18.7 Å². The maximum atomic E-state index is 11.3. The smallest absolute Gasteiger partial charge is 0.435 e. The first-order valence-electron chi connectivity index (χ1n) is 2.66. The number of alkyl halides is 1. The summed E-state index contributed by atoms with van der Waals surface area (Å²) in [5.41, 5.74) is 0. The van der Waals surface area contributed by atoms with Crippen LogP contribution in [0.15, 0.2) is 0 Å². The van der Waals surface area contributed by atoms with Gasteiger partial charge in [-0.15, -0.1) is 0 Å². The first-order valence-corrected chi connectivity index (χ1v) is 2.66. The van der Waals surface area contributed by atoms with Crippen LogP contribution in [0, 0.1) is 0 Å². The molecule has 0 fully saturated rings. The van der Waals surface area contributed by atoms with E-state index in [1.54, 1.807) is 6.92 Å². The molecule has 54 valence electrons. The molecule has 0 radical (unpaired) electrons. The van der Waals surface area contributed by atoms with E-state index in [1.165, 1.54) is 0 Å². The molecule has 0 saturated carbocycles. The second kappa shape index (κ2) is 5.34. The minimum absolute atomic E-state index is 0.223. The third kappa shape index (κ3) is 5.06. The fraction of sp³-hybridized carbons (Fsp3) is 0.800. The number of carbonyl (C=O) groups is 1. The lowest BCUT2D eigenvalue weighted by molar-refractivity contribution is 0.0549. The van der Waals surface area contributed by atoms with Gasteiger partial charge >= 0.3 is 6.16 Å². The van der Waals surface area contributed by atoms with Crippen LogP contribution in [0.2, 0.25) is 0 Å². The number of hydrogen-bond acceptors (Lipinski definition) is 3. The molecule has 0 spiro atoms. The Balaban J connectivity index is 3.06. The molecule has 3 nitrogen and oxygen atoms in total. The Kier molecular flexibility index (Phi) is 4.86. The monoisotopic (exact) mass is 136 g/mol. The predicted octanol–water partition coefficient (Wildman–Crippen LogP) is 1.13. The van der Waals surface area contributed by atoms with Gasteiger partial charge in [0.25, 0.3) is 0 Å². The van der Waals surface area contributed by atoms with Gasteiger partial charge in [-0.2, -0.15) is 0 Å². The Morgan fingerprint density at radius 2 is 2.22 bits per heavy atom. The molecule has 9 heavy (non-hydrogen) atoms. The fourth-order valence-electron chi connectivity index (χ4n) is 0.281. The zero-order valence-electron chi connectivity index (χ0n) is 5.22. The second-order valence-corrected chi connectivity index (χ2v) is 1.22. The van der Waals surface area contributed by atoms with Crippen LogP contribution >= 0.6 is 0 Å². The highest BCUT2D eigenvalue weighted by atomic mass is 19.1. The summed E-state index contributed by atoms with van der Waals surface area (Å²) < 4.78 is 19.8. The van der Waals surface area contributed by atoms with Gasteiger partial charge < -0.3 is 9.47 Å². The van der Waals surface area contributed by atoms with Crippen molar-refractivity contribution in [3.8, 4) is 0 Å². The van der Waals surface area contributed by atoms with Crippen LogP contribution in [-0.2, 0) is 9.47 Å². The molecule has 0 aliphatic heterocycles. The number of carbonyl (C=O) groups excluding carboxylic acids is 1. The summed E-state index contributed by atoms with van der Waals surface area (Å²) in [5.74, 6) is 0. The molecule has 0 aromatic carbocycles. The van der Waals surface area contributed by atoms with E-state index in [2.05, 4.69) is 9.47 Å². The molecule has 0 bridgehead atoms. The lowest BCUT2D eigenvalue weighted by Gasteiger charge is -1.99. The van der Waals surface area contributed by atoms with E-state index < -0.39 is 12.8 Å². The zero-order valence-corrected chi connectivity index (χ0v) is 5.22. The highest BCUT2D eigenvalue weighted by Crippen LogP contribution is 1.83. The van der Waals surface area contributed by atoms with Crippen molar-refractivity contribution in [2.75, 3.05) is 19.9 Å². The molecule has 0 aliphatic rings. The Labute approximate surface area is 52.8 Å². The number of hydrogen-bond donors (Lipinski definition) is 0. The largest absolute Gasteiger partial charge is 0.508 e. The van der Waals surface area contributed by atoms with Crippen molar-refractivity contribution in [1.82, 2.24) is 0 Å². The molecule has 0 N–H and O–H groups in total. The summed E-state index contributed by atoms with van der Waals surface area (Å²) in [6.45, 7) is 1.01. The van der Waals surface area contributed by atoms with Crippen molar-refractivity contribution in [3.05, 3.63) is 0 Å². The lowest BCUT2D eigenvalue weighted by Crippen LogP contribution is -2.08. The molecule has 0 saturated heterocycles. The van der Waals surface area contributed by atoms with Crippen molar-refractivity contribution >= 4 is 6.16 Å². The SMILES string of the molecule is CCOC(=O)OCCF. The van der Waals surface area contributed by atoms with Gasteiger partial charge in [0.05, 0.1) is 6.61 Å². The third-order valence-electron chi connectivity index (χ3n) is 0.559. The van der Waals surface area contributed by atoms with Gasteiger partial charge in [-0.1, -0.05) is 0 Å². The van der Waals surface area contributed by atoms with Crippen LogP contribution in [0.4, 0.5) is 9.18 Å². The van der Waals surface area contributed by atoms with Crippen molar-refractivity contribution in [2.24, 2.45) is 0 Å². The number of rotatable bonds is 3. The van der Waals surface area contributed by atoms with Crippen molar-refractivity contribution in [1.29, 1.82) is 0 Å². The van der Waals surface area contributed by atoms with E-state index in [9.17, 15) is 9.18 Å². The van der Waals surface area contributed by atoms with Gasteiger partial charge in [0.2, 0.25) is 0 Å². The topological polar surface area (TPSA) is 35.5 Å². The number of halogens is 1. The van der Waals surface area contributed by atoms with Gasteiger partial charge in [-0.25, -0.2) is 9.18 Å². The molecule has 0 atom stereocenters. The van der Waals surface area contributed by atoms with E-state index in [1.807, 2.05) is 0 Å². The fourth-order valence-corrected chi connectivity index (χ4v) is 0.281. The summed E-state index contributed by atoms with van der Waals surface area (Å²) in [6.07, 6.45) is -0.810. The van der Waals surface area contributed by atoms with E-state index in [4.69, 9.17) is 0 Å². The normalized spacial score (nSPS) is 8.67. The van der Waals surface area contributed by atoms with Crippen molar-refractivity contribution in [3.63, 3.8) is 0 Å². The van der Waals surface area contributed by atoms with Crippen LogP contribution in [-0.4, -0.2) is 26.0 Å². The molecule has 0 aromatic heterocycles. The highest BCUT2D eigenvalue weighted by Gasteiger charge is 1.98.